The van der Waals surface area contributed by atoms with Crippen LogP contribution in [0.1, 0.15) is 32.3 Å². The van der Waals surface area contributed by atoms with Crippen LogP contribution in [-0.2, 0) is 6.54 Å². The molecule has 2 N–H and O–H groups in total. The fourth-order valence-corrected chi connectivity index (χ4v) is 2.90. The maximum atomic E-state index is 9.33. The van der Waals surface area contributed by atoms with Crippen molar-refractivity contribution in [3.05, 3.63) is 29.8 Å². The highest BCUT2D eigenvalue weighted by atomic mass is 16.3. The molecule has 1 aliphatic heterocycles. The van der Waals surface area contributed by atoms with Gasteiger partial charge in [0.05, 0.1) is 0 Å². The van der Waals surface area contributed by atoms with E-state index in [4.69, 9.17) is 0 Å². The van der Waals surface area contributed by atoms with Crippen LogP contribution >= 0.6 is 0 Å². The van der Waals surface area contributed by atoms with E-state index < -0.39 is 0 Å². The standard InChI is InChI=1S/C15H24N2O/c1-3-15(4-2)12-16-9-10-17(15)11-13-5-7-14(18)8-6-13/h5-8,16,18H,3-4,9-12H2,1-2H3. The first-order valence-electron chi connectivity index (χ1n) is 6.94. The van der Waals surface area contributed by atoms with Gasteiger partial charge in [-0.1, -0.05) is 26.0 Å². The predicted octanol–water partition coefficient (Wildman–Crippen LogP) is 2.36. The lowest BCUT2D eigenvalue weighted by molar-refractivity contribution is 0.0447. The molecular weight excluding hydrogens is 224 g/mol. The summed E-state index contributed by atoms with van der Waals surface area (Å²) in [4.78, 5) is 2.59. The first-order chi connectivity index (χ1) is 8.70. The first-order valence-corrected chi connectivity index (χ1v) is 6.94. The maximum Gasteiger partial charge on any atom is 0.115 e. The van der Waals surface area contributed by atoms with Crippen molar-refractivity contribution in [2.45, 2.75) is 38.8 Å². The number of rotatable bonds is 4. The molecule has 0 spiro atoms. The maximum absolute atomic E-state index is 9.33. The number of benzene rings is 1. The van der Waals surface area contributed by atoms with Gasteiger partial charge in [-0.25, -0.2) is 0 Å². The van der Waals surface area contributed by atoms with Crippen LogP contribution in [0.25, 0.3) is 0 Å². The molecule has 0 aromatic heterocycles. The van der Waals surface area contributed by atoms with E-state index >= 15 is 0 Å². The Bertz CT molecular complexity index is 371. The molecule has 0 unspecified atom stereocenters. The largest absolute Gasteiger partial charge is 0.508 e. The van der Waals surface area contributed by atoms with Gasteiger partial charge in [-0.2, -0.15) is 0 Å². The summed E-state index contributed by atoms with van der Waals surface area (Å²) in [6, 6.07) is 7.59. The van der Waals surface area contributed by atoms with Crippen LogP contribution in [0.4, 0.5) is 0 Å². The van der Waals surface area contributed by atoms with Gasteiger partial charge in [0.1, 0.15) is 5.75 Å². The molecule has 0 amide bonds. The second-order valence-corrected chi connectivity index (χ2v) is 5.20. The Morgan fingerprint density at radius 2 is 1.89 bits per heavy atom. The fourth-order valence-electron chi connectivity index (χ4n) is 2.90. The fraction of sp³-hybridized carbons (Fsp3) is 0.600. The van der Waals surface area contributed by atoms with E-state index in [2.05, 4.69) is 24.1 Å². The second-order valence-electron chi connectivity index (χ2n) is 5.20. The SMILES string of the molecule is CCC1(CC)CNCCN1Cc1ccc(O)cc1. The quantitative estimate of drug-likeness (QED) is 0.858. The zero-order valence-electron chi connectivity index (χ0n) is 11.4. The summed E-state index contributed by atoms with van der Waals surface area (Å²) < 4.78 is 0. The zero-order chi connectivity index (χ0) is 13.0. The van der Waals surface area contributed by atoms with Gasteiger partial charge < -0.3 is 10.4 Å². The van der Waals surface area contributed by atoms with Gasteiger partial charge in [-0.3, -0.25) is 4.90 Å². The minimum Gasteiger partial charge on any atom is -0.508 e. The molecule has 0 atom stereocenters. The number of phenols is 1. The lowest BCUT2D eigenvalue weighted by Crippen LogP contribution is -2.60. The monoisotopic (exact) mass is 248 g/mol. The molecule has 0 radical (unpaired) electrons. The van der Waals surface area contributed by atoms with Crippen molar-refractivity contribution in [3.63, 3.8) is 0 Å². The number of nitrogens with one attached hydrogen (secondary N) is 1. The van der Waals surface area contributed by atoms with Crippen molar-refractivity contribution < 1.29 is 5.11 Å². The Labute approximate surface area is 110 Å². The lowest BCUT2D eigenvalue weighted by atomic mass is 9.88. The highest BCUT2D eigenvalue weighted by Crippen LogP contribution is 2.27. The molecule has 0 aliphatic carbocycles. The summed E-state index contributed by atoms with van der Waals surface area (Å²) in [6.45, 7) is 8.78. The lowest BCUT2D eigenvalue weighted by Gasteiger charge is -2.47. The molecule has 1 aliphatic rings. The van der Waals surface area contributed by atoms with E-state index in [9.17, 15) is 5.11 Å². The van der Waals surface area contributed by atoms with Crippen LogP contribution in [-0.4, -0.2) is 35.2 Å². The summed E-state index contributed by atoms with van der Waals surface area (Å²) in [5.41, 5.74) is 1.57. The number of phenolic OH excluding ortho intramolecular Hbond substituents is 1. The van der Waals surface area contributed by atoms with Crippen LogP contribution < -0.4 is 5.32 Å². The van der Waals surface area contributed by atoms with Crippen molar-refractivity contribution in [1.29, 1.82) is 0 Å². The molecule has 3 nitrogen and oxygen atoms in total. The molecule has 1 aromatic rings. The van der Waals surface area contributed by atoms with Crippen LogP contribution in [0.15, 0.2) is 24.3 Å². The average molecular weight is 248 g/mol. The number of piperazine rings is 1. The van der Waals surface area contributed by atoms with Crippen molar-refractivity contribution in [1.82, 2.24) is 10.2 Å². The van der Waals surface area contributed by atoms with Gasteiger partial charge >= 0.3 is 0 Å². The molecule has 1 aromatic carbocycles. The number of hydrogen-bond acceptors (Lipinski definition) is 3. The average Bonchev–Trinajstić information content (AvgIpc) is 2.42. The zero-order valence-corrected chi connectivity index (χ0v) is 11.4. The molecule has 3 heteroatoms. The van der Waals surface area contributed by atoms with Gasteiger partial charge in [0, 0.05) is 31.7 Å². The van der Waals surface area contributed by atoms with Crippen molar-refractivity contribution in [2.24, 2.45) is 0 Å². The third kappa shape index (κ3) is 2.68. The Kier molecular flexibility index (Phi) is 4.25. The minimum absolute atomic E-state index is 0.288. The van der Waals surface area contributed by atoms with E-state index in [0.717, 1.165) is 26.2 Å². The predicted molar refractivity (Wildman–Crippen MR) is 74.7 cm³/mol. The summed E-state index contributed by atoms with van der Waals surface area (Å²) in [5.74, 6) is 0.344. The molecule has 100 valence electrons. The van der Waals surface area contributed by atoms with E-state index in [1.165, 1.54) is 18.4 Å². The summed E-state index contributed by atoms with van der Waals surface area (Å²) in [7, 11) is 0. The molecule has 0 saturated carbocycles. The minimum atomic E-state index is 0.288. The van der Waals surface area contributed by atoms with Crippen molar-refractivity contribution in [3.8, 4) is 5.75 Å². The number of nitrogens with zero attached hydrogens (tertiary/aromatic N) is 1. The van der Waals surface area contributed by atoms with Crippen molar-refractivity contribution >= 4 is 0 Å². The number of hydrogen-bond donors (Lipinski definition) is 2. The molecule has 1 saturated heterocycles. The highest BCUT2D eigenvalue weighted by Gasteiger charge is 2.35. The second kappa shape index (κ2) is 5.72. The normalized spacial score (nSPS) is 19.9. The van der Waals surface area contributed by atoms with Crippen LogP contribution in [0.5, 0.6) is 5.75 Å². The van der Waals surface area contributed by atoms with Crippen molar-refractivity contribution in [2.75, 3.05) is 19.6 Å². The van der Waals surface area contributed by atoms with Gasteiger partial charge in [-0.05, 0) is 30.5 Å². The third-order valence-corrected chi connectivity index (χ3v) is 4.31. The molecular formula is C15H24N2O. The van der Waals surface area contributed by atoms with E-state index in [1.54, 1.807) is 12.1 Å². The Morgan fingerprint density at radius 1 is 1.22 bits per heavy atom. The Balaban J connectivity index is 2.12. The molecule has 0 bridgehead atoms. The van der Waals surface area contributed by atoms with E-state index in [1.807, 2.05) is 12.1 Å². The van der Waals surface area contributed by atoms with E-state index in [0.29, 0.717) is 5.75 Å². The molecule has 1 heterocycles. The van der Waals surface area contributed by atoms with Gasteiger partial charge in [-0.15, -0.1) is 0 Å². The van der Waals surface area contributed by atoms with Crippen LogP contribution in [0, 0.1) is 0 Å². The smallest absolute Gasteiger partial charge is 0.115 e. The summed E-state index contributed by atoms with van der Waals surface area (Å²) >= 11 is 0. The molecule has 18 heavy (non-hydrogen) atoms. The molecule has 1 fully saturated rings. The third-order valence-electron chi connectivity index (χ3n) is 4.31. The molecule has 2 rings (SSSR count). The van der Waals surface area contributed by atoms with Crippen LogP contribution in [0.2, 0.25) is 0 Å². The van der Waals surface area contributed by atoms with Gasteiger partial charge in [0.2, 0.25) is 0 Å². The number of aromatic hydroxyl groups is 1. The Hall–Kier alpha value is -1.06. The Morgan fingerprint density at radius 3 is 2.50 bits per heavy atom. The van der Waals surface area contributed by atoms with Crippen LogP contribution in [0.3, 0.4) is 0 Å². The topological polar surface area (TPSA) is 35.5 Å². The summed E-state index contributed by atoms with van der Waals surface area (Å²) in [5, 5.41) is 12.9. The van der Waals surface area contributed by atoms with E-state index in [-0.39, 0.29) is 5.54 Å². The first kappa shape index (κ1) is 13.4. The van der Waals surface area contributed by atoms with Gasteiger partial charge in [0.15, 0.2) is 0 Å². The summed E-state index contributed by atoms with van der Waals surface area (Å²) in [6.07, 6.45) is 2.35. The van der Waals surface area contributed by atoms with Gasteiger partial charge in [0.25, 0.3) is 0 Å². The highest BCUT2D eigenvalue weighted by molar-refractivity contribution is 5.26.